The summed E-state index contributed by atoms with van der Waals surface area (Å²) in [6.45, 7) is 4.87. The van der Waals surface area contributed by atoms with E-state index in [1.165, 1.54) is 12.2 Å². The second-order valence-electron chi connectivity index (χ2n) is 6.81. The lowest BCUT2D eigenvalue weighted by Crippen LogP contribution is -2.24. The molecule has 25 heavy (non-hydrogen) atoms. The van der Waals surface area contributed by atoms with Crippen molar-refractivity contribution in [2.75, 3.05) is 12.5 Å². The van der Waals surface area contributed by atoms with E-state index in [-0.39, 0.29) is 18.8 Å². The van der Waals surface area contributed by atoms with Crippen molar-refractivity contribution in [2.45, 2.75) is 76.6 Å². The van der Waals surface area contributed by atoms with Gasteiger partial charge in [0, 0.05) is 17.4 Å². The van der Waals surface area contributed by atoms with Crippen molar-refractivity contribution in [1.82, 2.24) is 0 Å². The molecule has 1 aliphatic rings. The highest BCUT2D eigenvalue weighted by Gasteiger charge is 2.18. The number of hydrogen-bond acceptors (Lipinski definition) is 8. The van der Waals surface area contributed by atoms with E-state index in [4.69, 9.17) is 14.2 Å². The summed E-state index contributed by atoms with van der Waals surface area (Å²) in [5, 5.41) is 0.715. The molecule has 0 aliphatic carbocycles. The van der Waals surface area contributed by atoms with Crippen LogP contribution >= 0.6 is 21.6 Å². The van der Waals surface area contributed by atoms with Gasteiger partial charge in [0.1, 0.15) is 5.60 Å². The van der Waals surface area contributed by atoms with E-state index in [2.05, 4.69) is 0 Å². The fourth-order valence-electron chi connectivity index (χ4n) is 2.11. The molecule has 1 aliphatic heterocycles. The Morgan fingerprint density at radius 3 is 2.20 bits per heavy atom. The van der Waals surface area contributed by atoms with Gasteiger partial charge < -0.3 is 14.2 Å². The zero-order valence-corrected chi connectivity index (χ0v) is 16.8. The highest BCUT2D eigenvalue weighted by Crippen LogP contribution is 2.39. The third-order valence-electron chi connectivity index (χ3n) is 3.28. The maximum Gasteiger partial charge on any atom is 0.309 e. The number of esters is 3. The van der Waals surface area contributed by atoms with Crippen LogP contribution in [0.15, 0.2) is 0 Å². The van der Waals surface area contributed by atoms with Crippen molar-refractivity contribution in [1.29, 1.82) is 0 Å². The summed E-state index contributed by atoms with van der Waals surface area (Å²) < 4.78 is 14.7. The fraction of sp³-hybridized carbons (Fsp3) is 0.824. The number of rotatable bonds is 10. The number of unbranched alkanes of at least 4 members (excludes halogenated alkanes) is 1. The van der Waals surface area contributed by atoms with Gasteiger partial charge in [-0.2, -0.15) is 0 Å². The molecule has 6 nitrogen and oxygen atoms in total. The van der Waals surface area contributed by atoms with Crippen LogP contribution in [0.25, 0.3) is 0 Å². The first-order valence-corrected chi connectivity index (χ1v) is 11.0. The lowest BCUT2D eigenvalue weighted by Gasteiger charge is -2.19. The minimum absolute atomic E-state index is 0.0541. The fourth-order valence-corrected chi connectivity index (χ4v) is 5.14. The van der Waals surface area contributed by atoms with Crippen LogP contribution in [0.3, 0.4) is 0 Å². The molecule has 0 spiro atoms. The summed E-state index contributed by atoms with van der Waals surface area (Å²) in [5.74, 6) is -0.195. The molecule has 8 heteroatoms. The summed E-state index contributed by atoms with van der Waals surface area (Å²) in [6, 6.07) is 0. The van der Waals surface area contributed by atoms with Gasteiger partial charge in [-0.1, -0.05) is 28.0 Å². The Morgan fingerprint density at radius 1 is 0.960 bits per heavy atom. The van der Waals surface area contributed by atoms with Crippen molar-refractivity contribution in [3.05, 3.63) is 0 Å². The highest BCUT2D eigenvalue weighted by molar-refractivity contribution is 8.77. The molecule has 1 heterocycles. The predicted molar refractivity (Wildman–Crippen MR) is 99.1 cm³/mol. The van der Waals surface area contributed by atoms with E-state index in [9.17, 15) is 14.4 Å². The topological polar surface area (TPSA) is 78.9 Å². The number of carbonyl (C=O) groups excluding carboxylic acids is 3. The van der Waals surface area contributed by atoms with E-state index in [0.717, 1.165) is 19.3 Å². The summed E-state index contributed by atoms with van der Waals surface area (Å²) in [7, 11) is 3.85. The van der Waals surface area contributed by atoms with Crippen LogP contribution in [0.2, 0.25) is 0 Å². The van der Waals surface area contributed by atoms with Crippen LogP contribution in [0.5, 0.6) is 0 Å². The van der Waals surface area contributed by atoms with Crippen LogP contribution in [-0.4, -0.2) is 41.3 Å². The Bertz CT molecular complexity index is 441. The minimum Gasteiger partial charge on any atom is -0.460 e. The van der Waals surface area contributed by atoms with Crippen LogP contribution in [0.1, 0.15) is 65.7 Å². The predicted octanol–water partition coefficient (Wildman–Crippen LogP) is 3.87. The van der Waals surface area contributed by atoms with Crippen LogP contribution in [0.4, 0.5) is 0 Å². The Morgan fingerprint density at radius 2 is 1.60 bits per heavy atom. The van der Waals surface area contributed by atoms with Crippen molar-refractivity contribution in [3.63, 3.8) is 0 Å². The van der Waals surface area contributed by atoms with Gasteiger partial charge in [-0.05, 0) is 40.0 Å². The molecule has 0 N–H and O–H groups in total. The maximum absolute atomic E-state index is 11.5. The number of hydrogen-bond donors (Lipinski definition) is 0. The normalized spacial score (nSPS) is 17.2. The third-order valence-corrected chi connectivity index (χ3v) is 6.28. The Hall–Kier alpha value is -0.890. The quantitative estimate of drug-likeness (QED) is 0.240. The van der Waals surface area contributed by atoms with Gasteiger partial charge in [-0.15, -0.1) is 0 Å². The average Bonchev–Trinajstić information content (AvgIpc) is 3.01. The SMILES string of the molecule is CC(C)(C)OC(=O)CCC(=O)OCOC(=O)CCCCC1CCSS1. The maximum atomic E-state index is 11.5. The summed E-state index contributed by atoms with van der Waals surface area (Å²) in [6.07, 6.45) is 4.35. The third kappa shape index (κ3) is 12.2. The first-order chi connectivity index (χ1) is 11.8. The zero-order valence-electron chi connectivity index (χ0n) is 15.2. The van der Waals surface area contributed by atoms with E-state index < -0.39 is 24.3 Å². The summed E-state index contributed by atoms with van der Waals surface area (Å²) in [5.41, 5.74) is -0.578. The van der Waals surface area contributed by atoms with Crippen LogP contribution in [0, 0.1) is 0 Å². The molecule has 0 amide bonds. The van der Waals surface area contributed by atoms with Crippen molar-refractivity contribution < 1.29 is 28.6 Å². The van der Waals surface area contributed by atoms with E-state index in [1.54, 1.807) is 20.8 Å². The van der Waals surface area contributed by atoms with Crippen molar-refractivity contribution in [2.24, 2.45) is 0 Å². The molecule has 0 aromatic carbocycles. The molecule has 0 saturated carbocycles. The lowest BCUT2D eigenvalue weighted by molar-refractivity contribution is -0.169. The number of ether oxygens (including phenoxy) is 3. The van der Waals surface area contributed by atoms with Gasteiger partial charge in [-0.3, -0.25) is 14.4 Å². The van der Waals surface area contributed by atoms with Gasteiger partial charge in [0.05, 0.1) is 12.8 Å². The summed E-state index contributed by atoms with van der Waals surface area (Å²) >= 11 is 0. The second kappa shape index (κ2) is 11.7. The van der Waals surface area contributed by atoms with E-state index in [1.807, 2.05) is 21.6 Å². The van der Waals surface area contributed by atoms with Gasteiger partial charge in [0.25, 0.3) is 0 Å². The molecule has 1 fully saturated rings. The Labute approximate surface area is 157 Å². The molecule has 0 aromatic rings. The molecule has 0 aromatic heterocycles. The first-order valence-electron chi connectivity index (χ1n) is 8.57. The Balaban J connectivity index is 1.98. The van der Waals surface area contributed by atoms with Crippen LogP contribution in [-0.2, 0) is 28.6 Å². The smallest absolute Gasteiger partial charge is 0.309 e. The molecule has 144 valence electrons. The van der Waals surface area contributed by atoms with Crippen molar-refractivity contribution in [3.8, 4) is 0 Å². The van der Waals surface area contributed by atoms with E-state index in [0.29, 0.717) is 11.7 Å². The molecule has 0 bridgehead atoms. The molecular weight excluding hydrogens is 364 g/mol. The molecule has 1 rings (SSSR count). The summed E-state index contributed by atoms with van der Waals surface area (Å²) in [4.78, 5) is 34.5. The minimum atomic E-state index is -0.589. The molecule has 1 unspecified atom stereocenters. The average molecular weight is 393 g/mol. The zero-order chi connectivity index (χ0) is 18.7. The Kier molecular flexibility index (Phi) is 10.3. The largest absolute Gasteiger partial charge is 0.460 e. The molecule has 1 saturated heterocycles. The highest BCUT2D eigenvalue weighted by atomic mass is 33.1. The standard InChI is InChI=1S/C17H28O6S2/c1-17(2,3)23-16(20)9-8-15(19)22-12-21-14(18)7-5-4-6-13-10-11-24-25-13/h13H,4-12H2,1-3H3. The lowest BCUT2D eigenvalue weighted by atomic mass is 10.1. The molecule has 1 atom stereocenters. The monoisotopic (exact) mass is 392 g/mol. The van der Waals surface area contributed by atoms with Crippen molar-refractivity contribution >= 4 is 39.5 Å². The van der Waals surface area contributed by atoms with E-state index >= 15 is 0 Å². The van der Waals surface area contributed by atoms with Gasteiger partial charge in [-0.25, -0.2) is 0 Å². The van der Waals surface area contributed by atoms with Gasteiger partial charge in [0.15, 0.2) is 0 Å². The molecular formula is C17H28O6S2. The first kappa shape index (κ1) is 22.2. The second-order valence-corrected chi connectivity index (χ2v) is 9.60. The molecule has 0 radical (unpaired) electrons. The van der Waals surface area contributed by atoms with Crippen LogP contribution < -0.4 is 0 Å². The van der Waals surface area contributed by atoms with Gasteiger partial charge in [0.2, 0.25) is 6.79 Å². The number of carbonyl (C=O) groups is 3. The van der Waals surface area contributed by atoms with Gasteiger partial charge >= 0.3 is 17.9 Å².